The topological polar surface area (TPSA) is 41.1 Å². The highest BCUT2D eigenvalue weighted by atomic mass is 32.1. The molecule has 1 heterocycles. The van der Waals surface area contributed by atoms with Crippen molar-refractivity contribution >= 4 is 23.2 Å². The maximum atomic E-state index is 10.6. The molecule has 1 rings (SSSR count). The van der Waals surface area contributed by atoms with Gasteiger partial charge < -0.3 is 10.6 Å². The van der Waals surface area contributed by atoms with E-state index in [9.17, 15) is 4.79 Å². The Balaban J connectivity index is 2.64. The van der Waals surface area contributed by atoms with Gasteiger partial charge in [0.15, 0.2) is 5.11 Å². The summed E-state index contributed by atoms with van der Waals surface area (Å²) in [6.45, 7) is 3.56. The molecule has 1 aliphatic heterocycles. The highest BCUT2D eigenvalue weighted by Gasteiger charge is 2.12. The number of carbonyl (C=O) groups excluding carboxylic acids is 1. The van der Waals surface area contributed by atoms with Gasteiger partial charge in [0.1, 0.15) is 0 Å². The molecule has 1 saturated heterocycles. The zero-order valence-corrected chi connectivity index (χ0v) is 5.55. The average molecular weight is 142 g/mol. The number of amides is 1. The van der Waals surface area contributed by atoms with Crippen molar-refractivity contribution in [1.29, 1.82) is 0 Å². The highest BCUT2D eigenvalue weighted by molar-refractivity contribution is 7.80. The van der Waals surface area contributed by atoms with E-state index >= 15 is 0 Å². The van der Waals surface area contributed by atoms with Crippen molar-refractivity contribution < 1.29 is 4.79 Å². The second kappa shape index (κ2) is 2.14. The molecular weight excluding hydrogens is 136 g/mol. The number of carbonyl (C=O) groups is 1. The summed E-state index contributed by atoms with van der Waals surface area (Å²) in [6, 6.07) is 0. The minimum atomic E-state index is -0.0937. The number of hydrogen-bond acceptors (Lipinski definition) is 2. The predicted octanol–water partition coefficient (Wildman–Crippen LogP) is -0.106. The van der Waals surface area contributed by atoms with Crippen LogP contribution in [0.4, 0.5) is 0 Å². The standard InChI is InChI=1S/C5H6N2OS/c1-3-2-4(8)7-5(9)6-3/h1-2H2,(H2,6,7,8,9). The third-order valence-corrected chi connectivity index (χ3v) is 1.12. The fourth-order valence-corrected chi connectivity index (χ4v) is 0.859. The van der Waals surface area contributed by atoms with Crippen LogP contribution >= 0.6 is 12.2 Å². The van der Waals surface area contributed by atoms with E-state index in [1.807, 2.05) is 0 Å². The Bertz CT molecular complexity index is 142. The molecule has 0 aromatic rings. The van der Waals surface area contributed by atoms with Crippen molar-refractivity contribution in [1.82, 2.24) is 10.6 Å². The summed E-state index contributed by atoms with van der Waals surface area (Å²) in [6.07, 6.45) is 0.320. The summed E-state index contributed by atoms with van der Waals surface area (Å²) in [5.74, 6) is -0.0937. The van der Waals surface area contributed by atoms with Crippen LogP contribution in [-0.4, -0.2) is 11.0 Å². The fraction of sp³-hybridized carbons (Fsp3) is 0.200. The largest absolute Gasteiger partial charge is 0.336 e. The Morgan fingerprint density at radius 1 is 1.56 bits per heavy atom. The van der Waals surface area contributed by atoms with Gasteiger partial charge in [-0.05, 0) is 12.2 Å². The molecule has 1 amide bonds. The van der Waals surface area contributed by atoms with Crippen molar-refractivity contribution in [3.63, 3.8) is 0 Å². The van der Waals surface area contributed by atoms with Gasteiger partial charge in [-0.1, -0.05) is 6.58 Å². The van der Waals surface area contributed by atoms with Gasteiger partial charge in [-0.3, -0.25) is 4.79 Å². The fourth-order valence-electron chi connectivity index (χ4n) is 0.601. The summed E-state index contributed by atoms with van der Waals surface area (Å²) in [7, 11) is 0. The molecule has 1 aliphatic rings. The summed E-state index contributed by atoms with van der Waals surface area (Å²) in [5, 5.41) is 5.49. The first-order valence-electron chi connectivity index (χ1n) is 2.47. The monoisotopic (exact) mass is 142 g/mol. The molecule has 0 radical (unpaired) electrons. The summed E-state index contributed by atoms with van der Waals surface area (Å²) < 4.78 is 0. The van der Waals surface area contributed by atoms with E-state index in [0.29, 0.717) is 17.2 Å². The smallest absolute Gasteiger partial charge is 0.232 e. The number of rotatable bonds is 0. The molecule has 3 nitrogen and oxygen atoms in total. The lowest BCUT2D eigenvalue weighted by Gasteiger charge is -2.16. The molecule has 2 N–H and O–H groups in total. The summed E-state index contributed by atoms with van der Waals surface area (Å²) in [4.78, 5) is 10.6. The van der Waals surface area contributed by atoms with Crippen LogP contribution in [0.25, 0.3) is 0 Å². The first kappa shape index (κ1) is 6.22. The second-order valence-corrected chi connectivity index (χ2v) is 2.19. The molecule has 4 heteroatoms. The quantitative estimate of drug-likeness (QED) is 0.464. The minimum absolute atomic E-state index is 0.0937. The normalized spacial score (nSPS) is 18.9. The van der Waals surface area contributed by atoms with Crippen LogP contribution in [0.15, 0.2) is 12.3 Å². The molecule has 0 aromatic heterocycles. The Kier molecular flexibility index (Phi) is 1.48. The lowest BCUT2D eigenvalue weighted by Crippen LogP contribution is -2.44. The van der Waals surface area contributed by atoms with Gasteiger partial charge in [0, 0.05) is 5.70 Å². The maximum Gasteiger partial charge on any atom is 0.232 e. The summed E-state index contributed by atoms with van der Waals surface area (Å²) >= 11 is 4.66. The van der Waals surface area contributed by atoms with E-state index < -0.39 is 0 Å². The van der Waals surface area contributed by atoms with Crippen molar-refractivity contribution in [3.8, 4) is 0 Å². The first-order valence-corrected chi connectivity index (χ1v) is 2.88. The molecule has 0 unspecified atom stereocenters. The second-order valence-electron chi connectivity index (χ2n) is 1.78. The van der Waals surface area contributed by atoms with Crippen LogP contribution in [0.5, 0.6) is 0 Å². The number of hydrogen-bond donors (Lipinski definition) is 2. The van der Waals surface area contributed by atoms with Gasteiger partial charge in [-0.15, -0.1) is 0 Å². The third-order valence-electron chi connectivity index (χ3n) is 0.917. The first-order chi connectivity index (χ1) is 4.18. The molecule has 0 spiro atoms. The lowest BCUT2D eigenvalue weighted by atomic mass is 10.3. The van der Waals surface area contributed by atoms with Crippen LogP contribution < -0.4 is 10.6 Å². The van der Waals surface area contributed by atoms with Gasteiger partial charge in [0.2, 0.25) is 5.91 Å². The SMILES string of the molecule is C=C1CC(=O)NC(=S)N1. The number of thiocarbonyl (C=S) groups is 1. The zero-order valence-electron chi connectivity index (χ0n) is 4.73. The third kappa shape index (κ3) is 1.50. The van der Waals surface area contributed by atoms with Crippen LogP contribution in [0, 0.1) is 0 Å². The van der Waals surface area contributed by atoms with Crippen molar-refractivity contribution in [2.24, 2.45) is 0 Å². The van der Waals surface area contributed by atoms with Crippen LogP contribution in [0.3, 0.4) is 0 Å². The van der Waals surface area contributed by atoms with Gasteiger partial charge >= 0.3 is 0 Å². The zero-order chi connectivity index (χ0) is 6.85. The molecule has 0 aliphatic carbocycles. The van der Waals surface area contributed by atoms with Gasteiger partial charge in [-0.25, -0.2) is 0 Å². The van der Waals surface area contributed by atoms with E-state index in [1.54, 1.807) is 0 Å². The van der Waals surface area contributed by atoms with Gasteiger partial charge in [0.25, 0.3) is 0 Å². The van der Waals surface area contributed by atoms with Crippen molar-refractivity contribution in [3.05, 3.63) is 12.3 Å². The lowest BCUT2D eigenvalue weighted by molar-refractivity contribution is -0.119. The van der Waals surface area contributed by atoms with E-state index in [1.165, 1.54) is 0 Å². The highest BCUT2D eigenvalue weighted by Crippen LogP contribution is 1.97. The molecule has 48 valence electrons. The predicted molar refractivity (Wildman–Crippen MR) is 37.6 cm³/mol. The van der Waals surface area contributed by atoms with E-state index in [4.69, 9.17) is 0 Å². The molecule has 1 fully saturated rings. The Morgan fingerprint density at radius 2 is 2.22 bits per heavy atom. The van der Waals surface area contributed by atoms with Crippen LogP contribution in [0.1, 0.15) is 6.42 Å². The van der Waals surface area contributed by atoms with E-state index in [2.05, 4.69) is 29.4 Å². The molecule has 0 bridgehead atoms. The van der Waals surface area contributed by atoms with Gasteiger partial charge in [0.05, 0.1) is 6.42 Å². The molecular formula is C5H6N2OS. The Hall–Kier alpha value is -0.900. The average Bonchev–Trinajstić information content (AvgIpc) is 1.59. The van der Waals surface area contributed by atoms with Crippen molar-refractivity contribution in [2.75, 3.05) is 0 Å². The minimum Gasteiger partial charge on any atom is -0.336 e. The number of nitrogens with one attached hydrogen (secondary N) is 2. The van der Waals surface area contributed by atoms with E-state index in [0.717, 1.165) is 0 Å². The molecule has 0 aromatic carbocycles. The van der Waals surface area contributed by atoms with Crippen molar-refractivity contribution in [2.45, 2.75) is 6.42 Å². The Morgan fingerprint density at radius 3 is 2.67 bits per heavy atom. The van der Waals surface area contributed by atoms with Crippen LogP contribution in [-0.2, 0) is 4.79 Å². The molecule has 9 heavy (non-hydrogen) atoms. The Labute approximate surface area is 58.1 Å². The maximum absolute atomic E-state index is 10.6. The molecule has 0 saturated carbocycles. The summed E-state index contributed by atoms with van der Waals surface area (Å²) in [5.41, 5.74) is 0.656. The van der Waals surface area contributed by atoms with Crippen LogP contribution in [0.2, 0.25) is 0 Å². The van der Waals surface area contributed by atoms with E-state index in [-0.39, 0.29) is 5.91 Å². The molecule has 0 atom stereocenters. The van der Waals surface area contributed by atoms with Gasteiger partial charge in [-0.2, -0.15) is 0 Å².